The first-order valence-electron chi connectivity index (χ1n) is 6.69. The number of aliphatic hydroxyl groups excluding tert-OH is 1. The van der Waals surface area contributed by atoms with Gasteiger partial charge in [0, 0.05) is 17.6 Å². The largest absolute Gasteiger partial charge is 0.393 e. The second kappa shape index (κ2) is 7.46. The molecule has 4 heteroatoms. The average Bonchev–Trinajstić information content (AvgIpc) is 2.36. The van der Waals surface area contributed by atoms with Gasteiger partial charge in [0.25, 0.3) is 0 Å². The quantitative estimate of drug-likeness (QED) is 0.819. The van der Waals surface area contributed by atoms with Crippen molar-refractivity contribution < 1.29 is 9.90 Å². The zero-order valence-electron chi connectivity index (χ0n) is 12.2. The summed E-state index contributed by atoms with van der Waals surface area (Å²) in [5.41, 5.74) is 0.636. The summed E-state index contributed by atoms with van der Waals surface area (Å²) in [7, 11) is 0. The fraction of sp³-hybridized carbons (Fsp3) is 0.438. The van der Waals surface area contributed by atoms with Crippen molar-refractivity contribution in [2.24, 2.45) is 5.41 Å². The molecule has 0 aliphatic carbocycles. The monoisotopic (exact) mass is 295 g/mol. The summed E-state index contributed by atoms with van der Waals surface area (Å²) >= 11 is 5.99. The van der Waals surface area contributed by atoms with Gasteiger partial charge in [-0.3, -0.25) is 4.79 Å². The average molecular weight is 296 g/mol. The van der Waals surface area contributed by atoms with Gasteiger partial charge < -0.3 is 10.4 Å². The van der Waals surface area contributed by atoms with E-state index in [1.807, 2.05) is 39.0 Å². The fourth-order valence-corrected chi connectivity index (χ4v) is 1.80. The predicted molar refractivity (Wildman–Crippen MR) is 83.6 cm³/mol. The molecule has 1 rings (SSSR count). The molecule has 1 amide bonds. The number of rotatable bonds is 5. The van der Waals surface area contributed by atoms with Crippen LogP contribution in [0.1, 0.15) is 32.8 Å². The Balaban J connectivity index is 2.40. The summed E-state index contributed by atoms with van der Waals surface area (Å²) < 4.78 is 0. The number of nitrogens with one attached hydrogen (secondary N) is 1. The van der Waals surface area contributed by atoms with E-state index in [0.29, 0.717) is 18.0 Å². The van der Waals surface area contributed by atoms with Crippen LogP contribution in [0, 0.1) is 5.41 Å². The minimum atomic E-state index is -0.435. The standard InChI is InChI=1S/C16H22ClNO2/c1-16(2,3)14(19)10-11-18-15(20)9-8-12-6-4-5-7-13(12)17/h4-9,14,19H,10-11H2,1-3H3,(H,18,20)/b9-8+. The van der Waals surface area contributed by atoms with Gasteiger partial charge in [0.2, 0.25) is 5.91 Å². The number of benzene rings is 1. The van der Waals surface area contributed by atoms with E-state index >= 15 is 0 Å². The molecule has 1 aromatic carbocycles. The van der Waals surface area contributed by atoms with E-state index in [-0.39, 0.29) is 11.3 Å². The van der Waals surface area contributed by atoms with Crippen molar-refractivity contribution in [3.8, 4) is 0 Å². The molecule has 0 heterocycles. The van der Waals surface area contributed by atoms with Crippen molar-refractivity contribution in [2.75, 3.05) is 6.54 Å². The van der Waals surface area contributed by atoms with Gasteiger partial charge in [-0.15, -0.1) is 0 Å². The van der Waals surface area contributed by atoms with E-state index in [2.05, 4.69) is 5.32 Å². The summed E-state index contributed by atoms with van der Waals surface area (Å²) in [6.45, 7) is 6.36. The molecular weight excluding hydrogens is 274 g/mol. The number of hydrogen-bond acceptors (Lipinski definition) is 2. The zero-order chi connectivity index (χ0) is 15.2. The summed E-state index contributed by atoms with van der Waals surface area (Å²) in [5.74, 6) is -0.189. The maximum Gasteiger partial charge on any atom is 0.244 e. The molecule has 0 aliphatic rings. The first kappa shape index (κ1) is 16.7. The van der Waals surface area contributed by atoms with E-state index in [4.69, 9.17) is 11.6 Å². The molecule has 0 saturated heterocycles. The van der Waals surface area contributed by atoms with Crippen molar-refractivity contribution in [1.29, 1.82) is 0 Å². The topological polar surface area (TPSA) is 49.3 Å². The van der Waals surface area contributed by atoms with E-state index in [0.717, 1.165) is 5.56 Å². The van der Waals surface area contributed by atoms with Gasteiger partial charge in [-0.05, 0) is 29.5 Å². The molecule has 0 fully saturated rings. The third kappa shape index (κ3) is 5.76. The van der Waals surface area contributed by atoms with Gasteiger partial charge in [0.1, 0.15) is 0 Å². The van der Waals surface area contributed by atoms with Gasteiger partial charge in [-0.25, -0.2) is 0 Å². The normalized spacial score (nSPS) is 13.4. The molecule has 0 aromatic heterocycles. The molecule has 0 aliphatic heterocycles. The molecule has 0 saturated carbocycles. The highest BCUT2D eigenvalue weighted by molar-refractivity contribution is 6.32. The lowest BCUT2D eigenvalue weighted by atomic mass is 9.87. The molecule has 3 nitrogen and oxygen atoms in total. The Hall–Kier alpha value is -1.32. The Morgan fingerprint density at radius 3 is 2.65 bits per heavy atom. The van der Waals surface area contributed by atoms with Crippen molar-refractivity contribution in [3.63, 3.8) is 0 Å². The van der Waals surface area contributed by atoms with Crippen LogP contribution in [0.2, 0.25) is 5.02 Å². The molecule has 0 spiro atoms. The van der Waals surface area contributed by atoms with Gasteiger partial charge in [-0.2, -0.15) is 0 Å². The number of aliphatic hydroxyl groups is 1. The van der Waals surface area contributed by atoms with Crippen LogP contribution in [0.15, 0.2) is 30.3 Å². The lowest BCUT2D eigenvalue weighted by molar-refractivity contribution is -0.116. The van der Waals surface area contributed by atoms with Gasteiger partial charge in [0.05, 0.1) is 6.10 Å². The second-order valence-corrected chi connectivity index (χ2v) is 6.22. The highest BCUT2D eigenvalue weighted by atomic mass is 35.5. The van der Waals surface area contributed by atoms with E-state index in [1.54, 1.807) is 12.1 Å². The smallest absolute Gasteiger partial charge is 0.244 e. The van der Waals surface area contributed by atoms with Crippen molar-refractivity contribution in [3.05, 3.63) is 40.9 Å². The molecule has 110 valence electrons. The van der Waals surface area contributed by atoms with Crippen LogP contribution in [0.5, 0.6) is 0 Å². The molecule has 2 N–H and O–H groups in total. The summed E-state index contributed by atoms with van der Waals surface area (Å²) in [6.07, 6.45) is 3.23. The Labute approximate surface area is 125 Å². The Kier molecular flexibility index (Phi) is 6.24. The Bertz CT molecular complexity index is 478. The van der Waals surface area contributed by atoms with E-state index in [9.17, 15) is 9.90 Å². The van der Waals surface area contributed by atoms with Crippen molar-refractivity contribution >= 4 is 23.6 Å². The number of halogens is 1. The molecular formula is C16H22ClNO2. The molecule has 1 unspecified atom stereocenters. The maximum atomic E-state index is 11.6. The maximum absolute atomic E-state index is 11.6. The Morgan fingerprint density at radius 2 is 2.05 bits per heavy atom. The SMILES string of the molecule is CC(C)(C)C(O)CCNC(=O)/C=C/c1ccccc1Cl. The lowest BCUT2D eigenvalue weighted by Gasteiger charge is -2.25. The summed E-state index contributed by atoms with van der Waals surface area (Å²) in [5, 5.41) is 13.2. The second-order valence-electron chi connectivity index (χ2n) is 5.82. The van der Waals surface area contributed by atoms with Gasteiger partial charge in [-0.1, -0.05) is 50.6 Å². The fourth-order valence-electron chi connectivity index (χ4n) is 1.60. The highest BCUT2D eigenvalue weighted by Gasteiger charge is 2.21. The molecule has 20 heavy (non-hydrogen) atoms. The third-order valence-corrected chi connectivity index (χ3v) is 3.38. The number of carbonyl (C=O) groups is 1. The van der Waals surface area contributed by atoms with Crippen LogP contribution in [0.4, 0.5) is 0 Å². The van der Waals surface area contributed by atoms with Gasteiger partial charge in [0.15, 0.2) is 0 Å². The van der Waals surface area contributed by atoms with Crippen LogP contribution >= 0.6 is 11.6 Å². The van der Waals surface area contributed by atoms with Crippen LogP contribution in [-0.4, -0.2) is 23.7 Å². The number of amides is 1. The lowest BCUT2D eigenvalue weighted by Crippen LogP contribution is -2.31. The third-order valence-electron chi connectivity index (χ3n) is 3.04. The zero-order valence-corrected chi connectivity index (χ0v) is 12.9. The molecule has 1 aromatic rings. The van der Waals surface area contributed by atoms with Crippen LogP contribution in [0.25, 0.3) is 6.08 Å². The van der Waals surface area contributed by atoms with Crippen LogP contribution in [-0.2, 0) is 4.79 Å². The van der Waals surface area contributed by atoms with Crippen molar-refractivity contribution in [1.82, 2.24) is 5.32 Å². The minimum Gasteiger partial charge on any atom is -0.393 e. The molecule has 1 atom stereocenters. The van der Waals surface area contributed by atoms with E-state index in [1.165, 1.54) is 6.08 Å². The number of hydrogen-bond donors (Lipinski definition) is 2. The summed E-state index contributed by atoms with van der Waals surface area (Å²) in [6, 6.07) is 7.32. The highest BCUT2D eigenvalue weighted by Crippen LogP contribution is 2.21. The van der Waals surface area contributed by atoms with Crippen LogP contribution in [0.3, 0.4) is 0 Å². The predicted octanol–water partition coefficient (Wildman–Crippen LogP) is 3.27. The van der Waals surface area contributed by atoms with Gasteiger partial charge >= 0.3 is 0 Å². The minimum absolute atomic E-state index is 0.169. The van der Waals surface area contributed by atoms with Crippen LogP contribution < -0.4 is 5.32 Å². The summed E-state index contributed by atoms with van der Waals surface area (Å²) in [4.78, 5) is 11.6. The first-order valence-corrected chi connectivity index (χ1v) is 7.07. The number of carbonyl (C=O) groups excluding carboxylic acids is 1. The van der Waals surface area contributed by atoms with Crippen molar-refractivity contribution in [2.45, 2.75) is 33.3 Å². The molecule has 0 bridgehead atoms. The first-order chi connectivity index (χ1) is 9.30. The molecule has 0 radical (unpaired) electrons. The van der Waals surface area contributed by atoms with E-state index < -0.39 is 6.10 Å². The Morgan fingerprint density at radius 1 is 1.40 bits per heavy atom.